The first-order valence-electron chi connectivity index (χ1n) is 7.83. The Balaban J connectivity index is 1.65. The van der Waals surface area contributed by atoms with Crippen LogP contribution in [0.3, 0.4) is 0 Å². The van der Waals surface area contributed by atoms with Gasteiger partial charge in [0.2, 0.25) is 5.95 Å². The van der Waals surface area contributed by atoms with E-state index in [1.165, 1.54) is 0 Å². The van der Waals surface area contributed by atoms with Crippen LogP contribution in [0.1, 0.15) is 13.8 Å². The summed E-state index contributed by atoms with van der Waals surface area (Å²) in [5.74, 6) is 1.45. The van der Waals surface area contributed by atoms with Crippen molar-refractivity contribution in [2.45, 2.75) is 19.9 Å². The Labute approximate surface area is 141 Å². The van der Waals surface area contributed by atoms with Crippen LogP contribution in [0.4, 0.5) is 17.5 Å². The molecule has 6 nitrogen and oxygen atoms in total. The van der Waals surface area contributed by atoms with Crippen LogP contribution < -0.4 is 15.1 Å². The van der Waals surface area contributed by atoms with Crippen LogP contribution in [0.25, 0.3) is 0 Å². The average Bonchev–Trinajstić information content (AvgIpc) is 2.55. The van der Waals surface area contributed by atoms with Crippen molar-refractivity contribution in [3.8, 4) is 0 Å². The van der Waals surface area contributed by atoms with Crippen molar-refractivity contribution in [2.75, 3.05) is 41.3 Å². The van der Waals surface area contributed by atoms with Crippen LogP contribution in [0.15, 0.2) is 30.5 Å². The van der Waals surface area contributed by atoms with E-state index < -0.39 is 0 Å². The van der Waals surface area contributed by atoms with E-state index in [2.05, 4.69) is 50.2 Å². The number of nitrogens with one attached hydrogen (secondary N) is 1. The molecule has 1 saturated heterocycles. The van der Waals surface area contributed by atoms with E-state index >= 15 is 0 Å². The minimum absolute atomic E-state index is 0.319. The molecule has 2 heterocycles. The molecule has 1 N–H and O–H groups in total. The Kier molecular flexibility index (Phi) is 4.81. The molecular formula is C16H21ClN6. The Morgan fingerprint density at radius 1 is 1.13 bits per heavy atom. The molecule has 0 atom stereocenters. The minimum atomic E-state index is 0.319. The summed E-state index contributed by atoms with van der Waals surface area (Å²) in [7, 11) is 0. The Morgan fingerprint density at radius 3 is 2.57 bits per heavy atom. The fourth-order valence-corrected chi connectivity index (χ4v) is 2.82. The fourth-order valence-electron chi connectivity index (χ4n) is 2.63. The van der Waals surface area contributed by atoms with Crippen LogP contribution >= 0.6 is 11.6 Å². The highest BCUT2D eigenvalue weighted by molar-refractivity contribution is 6.30. The van der Waals surface area contributed by atoms with Gasteiger partial charge in [-0.2, -0.15) is 10.1 Å². The second-order valence-electron chi connectivity index (χ2n) is 5.89. The highest BCUT2D eigenvalue weighted by Crippen LogP contribution is 2.22. The fraction of sp³-hybridized carbons (Fsp3) is 0.438. The lowest BCUT2D eigenvalue weighted by atomic mass is 10.2. The number of rotatable bonds is 4. The molecule has 2 aromatic rings. The zero-order chi connectivity index (χ0) is 16.2. The van der Waals surface area contributed by atoms with Gasteiger partial charge in [0, 0.05) is 42.9 Å². The van der Waals surface area contributed by atoms with Gasteiger partial charge in [-0.25, -0.2) is 0 Å². The molecule has 1 aliphatic heterocycles. The first-order chi connectivity index (χ1) is 11.1. The largest absolute Gasteiger partial charge is 0.368 e. The number of hydrogen-bond donors (Lipinski definition) is 1. The van der Waals surface area contributed by atoms with Crippen molar-refractivity contribution >= 4 is 29.1 Å². The molecule has 1 fully saturated rings. The van der Waals surface area contributed by atoms with E-state index in [-0.39, 0.29) is 0 Å². The van der Waals surface area contributed by atoms with Crippen molar-refractivity contribution in [1.29, 1.82) is 0 Å². The molecule has 0 bridgehead atoms. The SMILES string of the molecule is CC(C)Nc1cnnc(N2CCN(c3cccc(Cl)c3)CC2)n1. The van der Waals surface area contributed by atoms with Crippen molar-refractivity contribution in [3.63, 3.8) is 0 Å². The third kappa shape index (κ3) is 4.01. The van der Waals surface area contributed by atoms with Gasteiger partial charge in [0.25, 0.3) is 0 Å². The Morgan fingerprint density at radius 2 is 1.87 bits per heavy atom. The van der Waals surface area contributed by atoms with E-state index in [0.29, 0.717) is 12.0 Å². The molecule has 7 heteroatoms. The van der Waals surface area contributed by atoms with Crippen LogP contribution in [0.2, 0.25) is 5.02 Å². The van der Waals surface area contributed by atoms with Crippen molar-refractivity contribution in [3.05, 3.63) is 35.5 Å². The molecule has 1 aromatic carbocycles. The quantitative estimate of drug-likeness (QED) is 0.929. The molecule has 0 spiro atoms. The van der Waals surface area contributed by atoms with E-state index in [1.54, 1.807) is 6.20 Å². The molecular weight excluding hydrogens is 312 g/mol. The lowest BCUT2D eigenvalue weighted by Gasteiger charge is -2.36. The van der Waals surface area contributed by atoms with E-state index in [4.69, 9.17) is 11.6 Å². The maximum Gasteiger partial charge on any atom is 0.247 e. The minimum Gasteiger partial charge on any atom is -0.368 e. The number of piperazine rings is 1. The normalized spacial score (nSPS) is 15.1. The summed E-state index contributed by atoms with van der Waals surface area (Å²) in [6.45, 7) is 7.69. The summed E-state index contributed by atoms with van der Waals surface area (Å²) in [5, 5.41) is 12.2. The van der Waals surface area contributed by atoms with Crippen molar-refractivity contribution in [2.24, 2.45) is 0 Å². The molecule has 3 rings (SSSR count). The summed E-state index contributed by atoms with van der Waals surface area (Å²) in [4.78, 5) is 9.04. The predicted molar refractivity (Wildman–Crippen MR) is 94.5 cm³/mol. The summed E-state index contributed by atoms with van der Waals surface area (Å²) < 4.78 is 0. The Hall–Kier alpha value is -2.08. The molecule has 0 radical (unpaired) electrons. The molecule has 1 aliphatic rings. The van der Waals surface area contributed by atoms with Crippen LogP contribution in [-0.2, 0) is 0 Å². The van der Waals surface area contributed by atoms with Crippen molar-refractivity contribution in [1.82, 2.24) is 15.2 Å². The lowest BCUT2D eigenvalue weighted by Crippen LogP contribution is -2.47. The topological polar surface area (TPSA) is 57.2 Å². The molecule has 1 aromatic heterocycles. The summed E-state index contributed by atoms with van der Waals surface area (Å²) in [5.41, 5.74) is 1.16. The van der Waals surface area contributed by atoms with Gasteiger partial charge in [-0.05, 0) is 32.0 Å². The van der Waals surface area contributed by atoms with Gasteiger partial charge < -0.3 is 15.1 Å². The number of hydrogen-bond acceptors (Lipinski definition) is 6. The number of benzene rings is 1. The molecule has 0 amide bonds. The summed E-state index contributed by atoms with van der Waals surface area (Å²) >= 11 is 6.08. The molecule has 0 unspecified atom stereocenters. The van der Waals surface area contributed by atoms with Crippen LogP contribution in [-0.4, -0.2) is 47.4 Å². The molecule has 0 aliphatic carbocycles. The number of aromatic nitrogens is 3. The monoisotopic (exact) mass is 332 g/mol. The van der Waals surface area contributed by atoms with E-state index in [9.17, 15) is 0 Å². The molecule has 0 saturated carbocycles. The van der Waals surface area contributed by atoms with Gasteiger partial charge >= 0.3 is 0 Å². The number of nitrogens with zero attached hydrogens (tertiary/aromatic N) is 5. The van der Waals surface area contributed by atoms with Crippen molar-refractivity contribution < 1.29 is 0 Å². The average molecular weight is 333 g/mol. The van der Waals surface area contributed by atoms with E-state index in [0.717, 1.165) is 42.7 Å². The predicted octanol–water partition coefficient (Wildman–Crippen LogP) is 2.67. The highest BCUT2D eigenvalue weighted by Gasteiger charge is 2.20. The van der Waals surface area contributed by atoms with Gasteiger partial charge in [-0.3, -0.25) is 0 Å². The Bertz CT molecular complexity index is 655. The maximum absolute atomic E-state index is 6.08. The van der Waals surface area contributed by atoms with Crippen LogP contribution in [0.5, 0.6) is 0 Å². The second-order valence-corrected chi connectivity index (χ2v) is 6.33. The third-order valence-electron chi connectivity index (χ3n) is 3.72. The summed E-state index contributed by atoms with van der Waals surface area (Å²) in [6, 6.07) is 8.29. The smallest absolute Gasteiger partial charge is 0.247 e. The highest BCUT2D eigenvalue weighted by atomic mass is 35.5. The van der Waals surface area contributed by atoms with Gasteiger partial charge in [0.05, 0.1) is 6.20 Å². The first-order valence-corrected chi connectivity index (χ1v) is 8.21. The standard InChI is InChI=1S/C16H21ClN6/c1-12(2)19-15-11-18-21-16(20-15)23-8-6-22(7-9-23)14-5-3-4-13(17)10-14/h3-5,10-12H,6-9H2,1-2H3,(H,19,20,21). The number of halogens is 1. The first kappa shape index (κ1) is 15.8. The third-order valence-corrected chi connectivity index (χ3v) is 3.96. The molecule has 23 heavy (non-hydrogen) atoms. The van der Waals surface area contributed by atoms with E-state index in [1.807, 2.05) is 18.2 Å². The van der Waals surface area contributed by atoms with Gasteiger partial charge in [-0.15, -0.1) is 5.10 Å². The second kappa shape index (κ2) is 7.00. The zero-order valence-corrected chi connectivity index (χ0v) is 14.2. The van der Waals surface area contributed by atoms with Gasteiger partial charge in [-0.1, -0.05) is 17.7 Å². The number of anilines is 3. The maximum atomic E-state index is 6.08. The van der Waals surface area contributed by atoms with Crippen LogP contribution in [0, 0.1) is 0 Å². The zero-order valence-electron chi connectivity index (χ0n) is 13.4. The summed E-state index contributed by atoms with van der Waals surface area (Å²) in [6.07, 6.45) is 1.66. The van der Waals surface area contributed by atoms with Gasteiger partial charge in [0.15, 0.2) is 5.82 Å². The molecule has 122 valence electrons. The van der Waals surface area contributed by atoms with Gasteiger partial charge in [0.1, 0.15) is 0 Å². The lowest BCUT2D eigenvalue weighted by molar-refractivity contribution is 0.635.